The molecule has 0 bridgehead atoms. The quantitative estimate of drug-likeness (QED) is 0.875. The minimum Gasteiger partial charge on any atom is -0.339 e. The highest BCUT2D eigenvalue weighted by molar-refractivity contribution is 5.95. The first-order valence-electron chi connectivity index (χ1n) is 6.21. The monoisotopic (exact) mass is 246 g/mol. The summed E-state index contributed by atoms with van der Waals surface area (Å²) < 4.78 is 0. The molecular weight excluding hydrogens is 228 g/mol. The highest BCUT2D eigenvalue weighted by Gasteiger charge is 2.33. The van der Waals surface area contributed by atoms with Crippen molar-refractivity contribution in [3.05, 3.63) is 35.9 Å². The fourth-order valence-corrected chi connectivity index (χ4v) is 2.17. The van der Waals surface area contributed by atoms with E-state index in [1.165, 1.54) is 0 Å². The zero-order valence-electron chi connectivity index (χ0n) is 10.7. The summed E-state index contributed by atoms with van der Waals surface area (Å²) in [6.45, 7) is 4.87. The summed E-state index contributed by atoms with van der Waals surface area (Å²) in [5.74, 6) is 0.245. The van der Waals surface area contributed by atoms with E-state index in [4.69, 9.17) is 0 Å². The second-order valence-corrected chi connectivity index (χ2v) is 5.02. The molecule has 2 rings (SSSR count). The lowest BCUT2D eigenvalue weighted by molar-refractivity contribution is -0.145. The summed E-state index contributed by atoms with van der Waals surface area (Å²) in [4.78, 5) is 25.6. The molecule has 1 N–H and O–H groups in total. The first-order chi connectivity index (χ1) is 8.58. The van der Waals surface area contributed by atoms with Crippen LogP contribution in [0, 0.1) is 5.92 Å². The normalized spacial score (nSPS) is 20.2. The largest absolute Gasteiger partial charge is 0.339 e. The summed E-state index contributed by atoms with van der Waals surface area (Å²) in [7, 11) is 0. The molecular formula is C14H18N2O2. The third-order valence-electron chi connectivity index (χ3n) is 2.92. The van der Waals surface area contributed by atoms with Crippen LogP contribution in [0.25, 0.3) is 0 Å². The summed E-state index contributed by atoms with van der Waals surface area (Å²) >= 11 is 0. The van der Waals surface area contributed by atoms with E-state index in [1.54, 1.807) is 4.90 Å². The minimum atomic E-state index is -0.536. The van der Waals surface area contributed by atoms with Gasteiger partial charge < -0.3 is 10.2 Å². The van der Waals surface area contributed by atoms with Crippen molar-refractivity contribution in [2.24, 2.45) is 5.92 Å². The van der Waals surface area contributed by atoms with Crippen molar-refractivity contribution in [2.45, 2.75) is 19.9 Å². The Kier molecular flexibility index (Phi) is 3.65. The number of hydrogen-bond donors (Lipinski definition) is 1. The molecule has 1 aliphatic rings. The fraction of sp³-hybridized carbons (Fsp3) is 0.429. The van der Waals surface area contributed by atoms with E-state index in [-0.39, 0.29) is 18.4 Å². The lowest BCUT2D eigenvalue weighted by atomic mass is 10.0. The van der Waals surface area contributed by atoms with Gasteiger partial charge in [-0.2, -0.15) is 0 Å². The minimum absolute atomic E-state index is 0.0190. The third kappa shape index (κ3) is 2.70. The summed E-state index contributed by atoms with van der Waals surface area (Å²) in [5.41, 5.74) is 0.837. The Labute approximate surface area is 107 Å². The average molecular weight is 246 g/mol. The molecule has 1 aliphatic heterocycles. The second-order valence-electron chi connectivity index (χ2n) is 5.02. The molecule has 2 amide bonds. The van der Waals surface area contributed by atoms with Crippen LogP contribution in [0.15, 0.2) is 30.3 Å². The Morgan fingerprint density at radius 3 is 2.56 bits per heavy atom. The van der Waals surface area contributed by atoms with Gasteiger partial charge in [0.15, 0.2) is 0 Å². The van der Waals surface area contributed by atoms with Crippen molar-refractivity contribution in [3.63, 3.8) is 0 Å². The SMILES string of the molecule is CC(C)CN1CC(=O)NC(c2ccccc2)C1=O. The van der Waals surface area contributed by atoms with Gasteiger partial charge in [-0.1, -0.05) is 44.2 Å². The lowest BCUT2D eigenvalue weighted by Crippen LogP contribution is -2.54. The number of benzene rings is 1. The molecule has 1 saturated heterocycles. The highest BCUT2D eigenvalue weighted by atomic mass is 16.2. The third-order valence-corrected chi connectivity index (χ3v) is 2.92. The van der Waals surface area contributed by atoms with E-state index in [0.717, 1.165) is 5.56 Å². The zero-order chi connectivity index (χ0) is 13.1. The Hall–Kier alpha value is -1.84. The van der Waals surface area contributed by atoms with Crippen LogP contribution in [0.2, 0.25) is 0 Å². The molecule has 0 aliphatic carbocycles. The van der Waals surface area contributed by atoms with Crippen LogP contribution in [-0.4, -0.2) is 29.8 Å². The standard InChI is InChI=1S/C14H18N2O2/c1-10(2)8-16-9-12(17)15-13(14(16)18)11-6-4-3-5-7-11/h3-7,10,13H,8-9H2,1-2H3,(H,15,17). The molecule has 1 fully saturated rings. The summed E-state index contributed by atoms with van der Waals surface area (Å²) in [6, 6.07) is 8.83. The molecule has 96 valence electrons. The van der Waals surface area contributed by atoms with Crippen molar-refractivity contribution in [2.75, 3.05) is 13.1 Å². The van der Waals surface area contributed by atoms with E-state index in [2.05, 4.69) is 5.32 Å². The Balaban J connectivity index is 2.20. The molecule has 1 atom stereocenters. The van der Waals surface area contributed by atoms with Gasteiger partial charge in [-0.3, -0.25) is 9.59 Å². The lowest BCUT2D eigenvalue weighted by Gasteiger charge is -2.33. The van der Waals surface area contributed by atoms with E-state index < -0.39 is 6.04 Å². The van der Waals surface area contributed by atoms with Gasteiger partial charge in [0.25, 0.3) is 0 Å². The van der Waals surface area contributed by atoms with Gasteiger partial charge in [-0.25, -0.2) is 0 Å². The van der Waals surface area contributed by atoms with Crippen LogP contribution in [0.3, 0.4) is 0 Å². The molecule has 18 heavy (non-hydrogen) atoms. The number of carbonyl (C=O) groups excluding carboxylic acids is 2. The summed E-state index contributed by atoms with van der Waals surface area (Å²) in [6.07, 6.45) is 0. The maximum absolute atomic E-state index is 12.3. The topological polar surface area (TPSA) is 49.4 Å². The number of nitrogens with one attached hydrogen (secondary N) is 1. The van der Waals surface area contributed by atoms with Gasteiger partial charge in [0.2, 0.25) is 11.8 Å². The van der Waals surface area contributed by atoms with Gasteiger partial charge >= 0.3 is 0 Å². The van der Waals surface area contributed by atoms with Crippen molar-refractivity contribution in [3.8, 4) is 0 Å². The average Bonchev–Trinajstić information content (AvgIpc) is 2.34. The number of amides is 2. The van der Waals surface area contributed by atoms with Crippen molar-refractivity contribution < 1.29 is 9.59 Å². The van der Waals surface area contributed by atoms with Gasteiger partial charge in [-0.15, -0.1) is 0 Å². The molecule has 0 spiro atoms. The molecule has 4 heteroatoms. The molecule has 0 aromatic heterocycles. The van der Waals surface area contributed by atoms with E-state index in [9.17, 15) is 9.59 Å². The van der Waals surface area contributed by atoms with Crippen molar-refractivity contribution in [1.29, 1.82) is 0 Å². The van der Waals surface area contributed by atoms with E-state index in [1.807, 2.05) is 44.2 Å². The van der Waals surface area contributed by atoms with Crippen LogP contribution in [0.4, 0.5) is 0 Å². The molecule has 1 heterocycles. The van der Waals surface area contributed by atoms with Gasteiger partial charge in [0.1, 0.15) is 6.04 Å². The molecule has 4 nitrogen and oxygen atoms in total. The maximum Gasteiger partial charge on any atom is 0.250 e. The van der Waals surface area contributed by atoms with Crippen molar-refractivity contribution >= 4 is 11.8 Å². The molecule has 0 saturated carbocycles. The fourth-order valence-electron chi connectivity index (χ4n) is 2.17. The van der Waals surface area contributed by atoms with Crippen LogP contribution in [-0.2, 0) is 9.59 Å². The van der Waals surface area contributed by atoms with E-state index >= 15 is 0 Å². The molecule has 1 unspecified atom stereocenters. The molecule has 1 aromatic carbocycles. The number of hydrogen-bond acceptors (Lipinski definition) is 2. The van der Waals surface area contributed by atoms with Crippen LogP contribution in [0.1, 0.15) is 25.5 Å². The Morgan fingerprint density at radius 1 is 1.28 bits per heavy atom. The first kappa shape index (κ1) is 12.6. The smallest absolute Gasteiger partial charge is 0.250 e. The van der Waals surface area contributed by atoms with Crippen LogP contribution < -0.4 is 5.32 Å². The van der Waals surface area contributed by atoms with Gasteiger partial charge in [0, 0.05) is 6.54 Å². The Bertz CT molecular complexity index is 442. The van der Waals surface area contributed by atoms with Gasteiger partial charge in [0.05, 0.1) is 6.54 Å². The maximum atomic E-state index is 12.3. The zero-order valence-corrected chi connectivity index (χ0v) is 10.7. The molecule has 0 radical (unpaired) electrons. The number of carbonyl (C=O) groups is 2. The van der Waals surface area contributed by atoms with Crippen molar-refractivity contribution in [1.82, 2.24) is 10.2 Å². The molecule has 1 aromatic rings. The van der Waals surface area contributed by atoms with Gasteiger partial charge in [-0.05, 0) is 11.5 Å². The second kappa shape index (κ2) is 5.21. The number of rotatable bonds is 3. The summed E-state index contributed by atoms with van der Waals surface area (Å²) in [5, 5.41) is 2.76. The highest BCUT2D eigenvalue weighted by Crippen LogP contribution is 2.19. The first-order valence-corrected chi connectivity index (χ1v) is 6.21. The number of piperazine rings is 1. The van der Waals surface area contributed by atoms with E-state index in [0.29, 0.717) is 12.5 Å². The number of nitrogens with zero attached hydrogens (tertiary/aromatic N) is 1. The predicted octanol–water partition coefficient (Wildman–Crippen LogP) is 1.34. The predicted molar refractivity (Wildman–Crippen MR) is 68.7 cm³/mol. The van der Waals surface area contributed by atoms with Crippen LogP contribution in [0.5, 0.6) is 0 Å². The van der Waals surface area contributed by atoms with Crippen LogP contribution >= 0.6 is 0 Å². The Morgan fingerprint density at radius 2 is 1.94 bits per heavy atom.